The summed E-state index contributed by atoms with van der Waals surface area (Å²) < 4.78 is 16.7. The van der Waals surface area contributed by atoms with Crippen molar-refractivity contribution < 1.29 is 19.0 Å². The fourth-order valence-corrected chi connectivity index (χ4v) is 2.71. The fraction of sp³-hybridized carbons (Fsp3) is 0.409. The van der Waals surface area contributed by atoms with Gasteiger partial charge < -0.3 is 19.1 Å². The van der Waals surface area contributed by atoms with Crippen LogP contribution >= 0.6 is 0 Å². The van der Waals surface area contributed by atoms with Crippen molar-refractivity contribution in [2.75, 3.05) is 40.0 Å². The number of hydrogen-bond donors (Lipinski definition) is 0. The molecule has 0 radical (unpaired) electrons. The van der Waals surface area contributed by atoms with E-state index in [4.69, 9.17) is 14.2 Å². The largest absolute Gasteiger partial charge is 0.497 e. The molecule has 5 nitrogen and oxygen atoms in total. The quantitative estimate of drug-likeness (QED) is 0.442. The molecule has 2 aromatic rings. The number of rotatable bonds is 11. The Morgan fingerprint density at radius 2 is 1.67 bits per heavy atom. The van der Waals surface area contributed by atoms with Crippen LogP contribution in [0.15, 0.2) is 54.6 Å². The lowest BCUT2D eigenvalue weighted by atomic mass is 10.1. The number of methoxy groups -OCH3 is 1. The molecule has 1 atom stereocenters. The highest BCUT2D eigenvalue weighted by molar-refractivity contribution is 5.89. The van der Waals surface area contributed by atoms with Crippen molar-refractivity contribution in [1.29, 1.82) is 0 Å². The molecule has 2 aromatic carbocycles. The Labute approximate surface area is 161 Å². The van der Waals surface area contributed by atoms with Crippen molar-refractivity contribution in [2.45, 2.75) is 20.0 Å². The molecule has 2 rings (SSSR count). The van der Waals surface area contributed by atoms with E-state index in [0.717, 1.165) is 25.2 Å². The Morgan fingerprint density at radius 1 is 1.00 bits per heavy atom. The van der Waals surface area contributed by atoms with Crippen LogP contribution in [0.3, 0.4) is 0 Å². The second kappa shape index (κ2) is 11.4. The van der Waals surface area contributed by atoms with Crippen LogP contribution in [0.4, 0.5) is 0 Å². The lowest BCUT2D eigenvalue weighted by Gasteiger charge is -2.21. The number of carbonyl (C=O) groups excluding carboxylic acids is 1. The van der Waals surface area contributed by atoms with Gasteiger partial charge in [-0.25, -0.2) is 4.79 Å². The molecule has 0 aliphatic carbocycles. The van der Waals surface area contributed by atoms with Gasteiger partial charge in [0.05, 0.1) is 25.9 Å². The summed E-state index contributed by atoms with van der Waals surface area (Å²) >= 11 is 0. The maximum Gasteiger partial charge on any atom is 0.338 e. The summed E-state index contributed by atoms with van der Waals surface area (Å²) in [5.41, 5.74) is 1.40. The van der Waals surface area contributed by atoms with Crippen LogP contribution in [-0.2, 0) is 9.47 Å². The highest BCUT2D eigenvalue weighted by Crippen LogP contribution is 2.21. The summed E-state index contributed by atoms with van der Waals surface area (Å²) in [6.07, 6.45) is -0.447. The van der Waals surface area contributed by atoms with Crippen LogP contribution in [0.2, 0.25) is 0 Å². The molecule has 0 aromatic heterocycles. The molecule has 0 saturated carbocycles. The SMILES string of the molecule is CCN(CC)CCOCC(OC(=O)c1ccc(OC)cc1)c1ccccc1. The number of likely N-dealkylation sites (N-methyl/N-ethyl adjacent to an activating group) is 1. The molecule has 0 bridgehead atoms. The van der Waals surface area contributed by atoms with Gasteiger partial charge in [-0.1, -0.05) is 44.2 Å². The lowest BCUT2D eigenvalue weighted by molar-refractivity contribution is -0.00842. The zero-order valence-electron chi connectivity index (χ0n) is 16.4. The highest BCUT2D eigenvalue weighted by Gasteiger charge is 2.18. The van der Waals surface area contributed by atoms with Gasteiger partial charge in [0, 0.05) is 6.54 Å². The third kappa shape index (κ3) is 6.70. The molecular formula is C22H29NO4. The monoisotopic (exact) mass is 371 g/mol. The first-order chi connectivity index (χ1) is 13.2. The summed E-state index contributed by atoms with van der Waals surface area (Å²) in [5.74, 6) is 0.324. The van der Waals surface area contributed by atoms with E-state index in [-0.39, 0.29) is 5.97 Å². The van der Waals surface area contributed by atoms with Crippen LogP contribution in [0.5, 0.6) is 5.75 Å². The number of benzene rings is 2. The first-order valence-corrected chi connectivity index (χ1v) is 9.38. The predicted molar refractivity (Wildman–Crippen MR) is 106 cm³/mol. The predicted octanol–water partition coefficient (Wildman–Crippen LogP) is 3.95. The van der Waals surface area contributed by atoms with Crippen LogP contribution in [0.25, 0.3) is 0 Å². The van der Waals surface area contributed by atoms with Crippen molar-refractivity contribution in [1.82, 2.24) is 4.90 Å². The average Bonchev–Trinajstić information content (AvgIpc) is 2.73. The first kappa shape index (κ1) is 20.9. The Bertz CT molecular complexity index is 668. The second-order valence-electron chi connectivity index (χ2n) is 6.13. The van der Waals surface area contributed by atoms with Gasteiger partial charge in [0.1, 0.15) is 5.75 Å². The molecule has 0 aliphatic rings. The minimum absolute atomic E-state index is 0.327. The average molecular weight is 371 g/mol. The topological polar surface area (TPSA) is 48.0 Å². The number of hydrogen-bond acceptors (Lipinski definition) is 5. The molecule has 0 spiro atoms. The van der Waals surface area contributed by atoms with E-state index in [9.17, 15) is 4.79 Å². The van der Waals surface area contributed by atoms with E-state index in [2.05, 4.69) is 18.7 Å². The van der Waals surface area contributed by atoms with Crippen molar-refractivity contribution in [3.8, 4) is 5.75 Å². The van der Waals surface area contributed by atoms with Crippen molar-refractivity contribution in [2.24, 2.45) is 0 Å². The molecule has 1 unspecified atom stereocenters. The van der Waals surface area contributed by atoms with E-state index in [1.807, 2.05) is 30.3 Å². The van der Waals surface area contributed by atoms with E-state index in [1.54, 1.807) is 31.4 Å². The minimum atomic E-state index is -0.447. The maximum absolute atomic E-state index is 12.5. The van der Waals surface area contributed by atoms with E-state index in [0.29, 0.717) is 24.5 Å². The summed E-state index contributed by atoms with van der Waals surface area (Å²) in [6, 6.07) is 16.6. The molecule has 0 heterocycles. The molecule has 0 fully saturated rings. The van der Waals surface area contributed by atoms with Gasteiger partial charge >= 0.3 is 5.97 Å². The van der Waals surface area contributed by atoms with Crippen molar-refractivity contribution in [3.05, 3.63) is 65.7 Å². The van der Waals surface area contributed by atoms with Gasteiger partial charge in [-0.05, 0) is 42.9 Å². The van der Waals surface area contributed by atoms with E-state index < -0.39 is 6.10 Å². The molecule has 0 amide bonds. The summed E-state index contributed by atoms with van der Waals surface area (Å²) in [6.45, 7) is 8.04. The zero-order chi connectivity index (χ0) is 19.5. The normalized spacial score (nSPS) is 12.0. The lowest BCUT2D eigenvalue weighted by Crippen LogP contribution is -2.28. The van der Waals surface area contributed by atoms with Gasteiger partial charge in [0.2, 0.25) is 0 Å². The molecule has 5 heteroatoms. The van der Waals surface area contributed by atoms with Crippen LogP contribution < -0.4 is 4.74 Å². The Hall–Kier alpha value is -2.37. The first-order valence-electron chi connectivity index (χ1n) is 9.38. The van der Waals surface area contributed by atoms with E-state index >= 15 is 0 Å². The van der Waals surface area contributed by atoms with Crippen LogP contribution in [0.1, 0.15) is 35.9 Å². The van der Waals surface area contributed by atoms with Gasteiger partial charge in [0.15, 0.2) is 6.10 Å². The van der Waals surface area contributed by atoms with Crippen molar-refractivity contribution in [3.63, 3.8) is 0 Å². The molecule has 27 heavy (non-hydrogen) atoms. The smallest absolute Gasteiger partial charge is 0.338 e. The molecule has 0 aliphatic heterocycles. The Balaban J connectivity index is 1.98. The molecular weight excluding hydrogens is 342 g/mol. The van der Waals surface area contributed by atoms with Crippen molar-refractivity contribution >= 4 is 5.97 Å². The summed E-state index contributed by atoms with van der Waals surface area (Å²) in [4.78, 5) is 14.8. The molecule has 0 N–H and O–H groups in total. The fourth-order valence-electron chi connectivity index (χ4n) is 2.71. The highest BCUT2D eigenvalue weighted by atomic mass is 16.6. The van der Waals surface area contributed by atoms with Gasteiger partial charge in [-0.3, -0.25) is 0 Å². The van der Waals surface area contributed by atoms with Crippen LogP contribution in [0, 0.1) is 0 Å². The minimum Gasteiger partial charge on any atom is -0.497 e. The number of ether oxygens (including phenoxy) is 3. The van der Waals surface area contributed by atoms with Gasteiger partial charge in [-0.15, -0.1) is 0 Å². The molecule has 0 saturated heterocycles. The Kier molecular flexibility index (Phi) is 8.81. The number of carbonyl (C=O) groups is 1. The van der Waals surface area contributed by atoms with Crippen LogP contribution in [-0.4, -0.2) is 50.8 Å². The number of esters is 1. The maximum atomic E-state index is 12.5. The zero-order valence-corrected chi connectivity index (χ0v) is 16.4. The standard InChI is InChI=1S/C22H29NO4/c1-4-23(5-2)15-16-26-17-21(18-9-7-6-8-10-18)27-22(24)19-11-13-20(25-3)14-12-19/h6-14,21H,4-5,15-17H2,1-3H3. The third-order valence-corrected chi connectivity index (χ3v) is 4.46. The molecule has 146 valence electrons. The Morgan fingerprint density at radius 3 is 2.26 bits per heavy atom. The van der Waals surface area contributed by atoms with Gasteiger partial charge in [0.25, 0.3) is 0 Å². The van der Waals surface area contributed by atoms with Gasteiger partial charge in [-0.2, -0.15) is 0 Å². The third-order valence-electron chi connectivity index (χ3n) is 4.46. The summed E-state index contributed by atoms with van der Waals surface area (Å²) in [7, 11) is 1.59. The second-order valence-corrected chi connectivity index (χ2v) is 6.13. The summed E-state index contributed by atoms with van der Waals surface area (Å²) in [5, 5.41) is 0. The van der Waals surface area contributed by atoms with E-state index in [1.165, 1.54) is 0 Å². The number of nitrogens with zero attached hydrogens (tertiary/aromatic N) is 1.